The lowest BCUT2D eigenvalue weighted by Gasteiger charge is -2.27. The Morgan fingerprint density at radius 3 is 2.52 bits per heavy atom. The third-order valence-electron chi connectivity index (χ3n) is 5.83. The van der Waals surface area contributed by atoms with E-state index in [1.165, 1.54) is 13.0 Å². The van der Waals surface area contributed by atoms with Gasteiger partial charge in [0.05, 0.1) is 18.4 Å². The first-order valence-corrected chi connectivity index (χ1v) is 10.2. The van der Waals surface area contributed by atoms with Crippen molar-refractivity contribution in [3.8, 4) is 5.75 Å². The van der Waals surface area contributed by atoms with Crippen molar-refractivity contribution < 1.29 is 24.6 Å². The Labute approximate surface area is 180 Å². The molecule has 0 unspecified atom stereocenters. The fourth-order valence-electron chi connectivity index (χ4n) is 4.36. The lowest BCUT2D eigenvalue weighted by Crippen LogP contribution is -2.53. The van der Waals surface area contributed by atoms with Gasteiger partial charge in [0.1, 0.15) is 11.3 Å². The highest BCUT2D eigenvalue weighted by Gasteiger charge is 2.66. The number of phenolic OH excluding ortho intramolecular Hbond substituents is 1. The molecule has 29 heavy (non-hydrogen) atoms. The van der Waals surface area contributed by atoms with Crippen molar-refractivity contribution in [1.29, 1.82) is 0 Å². The van der Waals surface area contributed by atoms with Crippen molar-refractivity contribution in [3.63, 3.8) is 0 Å². The summed E-state index contributed by atoms with van der Waals surface area (Å²) in [5, 5.41) is 23.2. The molecule has 8 heteroatoms. The zero-order chi connectivity index (χ0) is 20.9. The molecule has 4 rings (SSSR count). The molecule has 2 fully saturated rings. The normalized spacial score (nSPS) is 28.6. The summed E-state index contributed by atoms with van der Waals surface area (Å²) in [5.41, 5.74) is -0.422. The van der Waals surface area contributed by atoms with Gasteiger partial charge in [-0.25, -0.2) is 0 Å². The summed E-state index contributed by atoms with van der Waals surface area (Å²) in [6.07, 6.45) is 0. The van der Waals surface area contributed by atoms with E-state index in [2.05, 4.69) is 27.9 Å². The van der Waals surface area contributed by atoms with Crippen LogP contribution in [0.5, 0.6) is 5.75 Å². The van der Waals surface area contributed by atoms with Gasteiger partial charge in [-0.1, -0.05) is 30.3 Å². The zero-order valence-corrected chi connectivity index (χ0v) is 17.7. The molecule has 2 amide bonds. The van der Waals surface area contributed by atoms with E-state index in [0.29, 0.717) is 5.56 Å². The average Bonchev–Trinajstić information content (AvgIpc) is 3.14. The molecule has 3 N–H and O–H groups in total. The Morgan fingerprint density at radius 1 is 1.17 bits per heavy atom. The van der Waals surface area contributed by atoms with Crippen molar-refractivity contribution in [2.75, 3.05) is 0 Å². The lowest BCUT2D eigenvalue weighted by molar-refractivity contribution is -0.150. The topological polar surface area (TPSA) is 107 Å². The molecule has 2 heterocycles. The quantitative estimate of drug-likeness (QED) is 0.434. The minimum Gasteiger partial charge on any atom is -0.508 e. The molecule has 0 aliphatic carbocycles. The maximum absolute atomic E-state index is 13.3. The molecule has 0 saturated carbocycles. The van der Waals surface area contributed by atoms with Gasteiger partial charge in [0, 0.05) is 15.2 Å². The lowest BCUT2D eigenvalue weighted by atomic mass is 9.80. The Hall–Kier alpha value is -2.46. The monoisotopic (exact) mass is 506 g/mol. The zero-order valence-electron chi connectivity index (χ0n) is 15.5. The van der Waals surface area contributed by atoms with Crippen LogP contribution in [-0.4, -0.2) is 38.4 Å². The highest BCUT2D eigenvalue weighted by molar-refractivity contribution is 14.1. The minimum atomic E-state index is -1.62. The average molecular weight is 506 g/mol. The van der Waals surface area contributed by atoms with Crippen LogP contribution in [-0.2, 0) is 20.9 Å². The summed E-state index contributed by atoms with van der Waals surface area (Å²) in [7, 11) is 0. The Morgan fingerprint density at radius 2 is 1.86 bits per heavy atom. The third-order valence-corrected chi connectivity index (χ3v) is 6.50. The highest BCUT2D eigenvalue weighted by atomic mass is 127. The maximum Gasteiger partial charge on any atom is 0.324 e. The van der Waals surface area contributed by atoms with Crippen LogP contribution in [0.15, 0.2) is 48.5 Å². The first-order chi connectivity index (χ1) is 13.7. The summed E-state index contributed by atoms with van der Waals surface area (Å²) in [4.78, 5) is 39.7. The molecule has 150 valence electrons. The smallest absolute Gasteiger partial charge is 0.324 e. The molecular formula is C21H19IN2O5. The summed E-state index contributed by atoms with van der Waals surface area (Å²) < 4.78 is 0.829. The number of aromatic hydroxyl groups is 1. The van der Waals surface area contributed by atoms with Gasteiger partial charge in [0.25, 0.3) is 0 Å². The number of carboxylic acids is 1. The van der Waals surface area contributed by atoms with Crippen LogP contribution in [0.2, 0.25) is 0 Å². The van der Waals surface area contributed by atoms with Gasteiger partial charge >= 0.3 is 5.97 Å². The molecule has 2 aliphatic rings. The standard InChI is InChI=1S/C21H19IN2O5/c1-21(20(28)29)16-15(17(23-21)13-9-12(22)7-8-14(13)25)18(26)24(19(16)27)10-11-5-3-2-4-6-11/h2-9,15-17,23,25H,10H2,1H3,(H,28,29)/t15-,16-,17-,21+/m1/s1. The van der Waals surface area contributed by atoms with Crippen molar-refractivity contribution in [1.82, 2.24) is 10.2 Å². The van der Waals surface area contributed by atoms with Crippen molar-refractivity contribution in [3.05, 3.63) is 63.2 Å². The largest absolute Gasteiger partial charge is 0.508 e. The fraction of sp³-hybridized carbons (Fsp3) is 0.286. The van der Waals surface area contributed by atoms with Gasteiger partial charge in [-0.3, -0.25) is 24.6 Å². The van der Waals surface area contributed by atoms with Crippen LogP contribution in [0.4, 0.5) is 0 Å². The minimum absolute atomic E-state index is 0.0435. The molecule has 0 radical (unpaired) electrons. The number of aliphatic carboxylic acids is 1. The number of nitrogens with zero attached hydrogens (tertiary/aromatic N) is 1. The second-order valence-corrected chi connectivity index (χ2v) is 8.83. The highest BCUT2D eigenvalue weighted by Crippen LogP contribution is 2.50. The predicted molar refractivity (Wildman–Crippen MR) is 112 cm³/mol. The van der Waals surface area contributed by atoms with Gasteiger partial charge in [-0.2, -0.15) is 0 Å². The number of carboxylic acid groups (broad SMARTS) is 1. The van der Waals surface area contributed by atoms with E-state index in [9.17, 15) is 24.6 Å². The number of fused-ring (bicyclic) bond motifs is 1. The number of halogens is 1. The van der Waals surface area contributed by atoms with Crippen LogP contribution >= 0.6 is 22.6 Å². The van der Waals surface area contributed by atoms with E-state index in [4.69, 9.17) is 0 Å². The molecule has 2 saturated heterocycles. The van der Waals surface area contributed by atoms with E-state index in [1.807, 2.05) is 30.3 Å². The van der Waals surface area contributed by atoms with Crippen LogP contribution in [0, 0.1) is 15.4 Å². The number of carbonyl (C=O) groups excluding carboxylic acids is 2. The van der Waals surface area contributed by atoms with Crippen LogP contribution in [0.1, 0.15) is 24.1 Å². The first kappa shape index (κ1) is 19.8. The fourth-order valence-corrected chi connectivity index (χ4v) is 4.87. The van der Waals surface area contributed by atoms with Crippen LogP contribution < -0.4 is 5.32 Å². The molecule has 4 atom stereocenters. The van der Waals surface area contributed by atoms with E-state index < -0.39 is 41.2 Å². The van der Waals surface area contributed by atoms with Gasteiger partial charge in [-0.05, 0) is 53.3 Å². The number of benzene rings is 2. The Kier molecular flexibility index (Phi) is 4.86. The van der Waals surface area contributed by atoms with E-state index in [0.717, 1.165) is 14.0 Å². The summed E-state index contributed by atoms with van der Waals surface area (Å²) in [5.74, 6) is -4.14. The molecule has 0 spiro atoms. The number of hydrogen-bond donors (Lipinski definition) is 3. The van der Waals surface area contributed by atoms with E-state index in [-0.39, 0.29) is 12.3 Å². The molecule has 2 aromatic rings. The van der Waals surface area contributed by atoms with Gasteiger partial charge < -0.3 is 10.2 Å². The second kappa shape index (κ2) is 7.10. The van der Waals surface area contributed by atoms with E-state index in [1.54, 1.807) is 12.1 Å². The van der Waals surface area contributed by atoms with Crippen molar-refractivity contribution in [2.24, 2.45) is 11.8 Å². The van der Waals surface area contributed by atoms with Gasteiger partial charge in [0.2, 0.25) is 11.8 Å². The molecule has 7 nitrogen and oxygen atoms in total. The maximum atomic E-state index is 13.3. The van der Waals surface area contributed by atoms with Crippen molar-refractivity contribution in [2.45, 2.75) is 25.0 Å². The van der Waals surface area contributed by atoms with E-state index >= 15 is 0 Å². The second-order valence-electron chi connectivity index (χ2n) is 7.58. The summed E-state index contributed by atoms with van der Waals surface area (Å²) >= 11 is 2.08. The predicted octanol–water partition coefficient (Wildman–Crippen LogP) is 2.29. The Balaban J connectivity index is 1.78. The number of hydrogen-bond acceptors (Lipinski definition) is 5. The number of amides is 2. The molecule has 0 bridgehead atoms. The number of phenols is 1. The Bertz CT molecular complexity index is 1010. The summed E-state index contributed by atoms with van der Waals surface area (Å²) in [6.45, 7) is 1.52. The number of carbonyl (C=O) groups is 3. The number of nitrogens with one attached hydrogen (secondary N) is 1. The number of rotatable bonds is 4. The molecule has 2 aliphatic heterocycles. The van der Waals surface area contributed by atoms with Crippen LogP contribution in [0.3, 0.4) is 0 Å². The van der Waals surface area contributed by atoms with Crippen LogP contribution in [0.25, 0.3) is 0 Å². The van der Waals surface area contributed by atoms with Gasteiger partial charge in [-0.15, -0.1) is 0 Å². The molecule has 2 aromatic carbocycles. The number of imide groups is 1. The first-order valence-electron chi connectivity index (χ1n) is 9.12. The summed E-state index contributed by atoms with van der Waals surface area (Å²) in [6, 6.07) is 13.2. The van der Waals surface area contributed by atoms with Gasteiger partial charge in [0.15, 0.2) is 0 Å². The third kappa shape index (κ3) is 3.10. The molecule has 0 aromatic heterocycles. The SMILES string of the molecule is C[C@]1(C(=O)O)N[C@H](c2cc(I)ccc2O)[C@@H]2C(=O)N(Cc3ccccc3)C(=O)[C@@H]21. The van der Waals surface area contributed by atoms with Crippen molar-refractivity contribution >= 4 is 40.4 Å². The number of likely N-dealkylation sites (tertiary alicyclic amines) is 1. The molecular weight excluding hydrogens is 487 g/mol.